The highest BCUT2D eigenvalue weighted by molar-refractivity contribution is 7.94. The Morgan fingerprint density at radius 3 is 2.52 bits per heavy atom. The number of carbonyl (C=O) groups is 3. The second kappa shape index (κ2) is 6.65. The van der Waals surface area contributed by atoms with Gasteiger partial charge in [-0.1, -0.05) is 0 Å². The highest BCUT2D eigenvalue weighted by atomic mass is 32.2. The highest BCUT2D eigenvalue weighted by Gasteiger charge is 2.37. The van der Waals surface area contributed by atoms with E-state index in [2.05, 4.69) is 10.0 Å². The van der Waals surface area contributed by atoms with Crippen LogP contribution in [-0.2, 0) is 19.6 Å². The van der Waals surface area contributed by atoms with Crippen molar-refractivity contribution in [2.75, 3.05) is 17.9 Å². The third-order valence-electron chi connectivity index (χ3n) is 3.01. The fourth-order valence-corrected chi connectivity index (χ4v) is 3.14. The molecule has 1 aliphatic rings. The molecule has 0 radical (unpaired) electrons. The van der Waals surface area contributed by atoms with Gasteiger partial charge < -0.3 is 10.1 Å². The lowest BCUT2D eigenvalue weighted by atomic mass is 10.2. The van der Waals surface area contributed by atoms with Crippen molar-refractivity contribution in [2.24, 2.45) is 0 Å². The highest BCUT2D eigenvalue weighted by Crippen LogP contribution is 2.15. The van der Waals surface area contributed by atoms with Gasteiger partial charge in [0.15, 0.2) is 5.25 Å². The normalized spacial score (nSPS) is 17.9. The molecular formula is C13H15N3O6S. The van der Waals surface area contributed by atoms with Crippen LogP contribution in [0.25, 0.3) is 0 Å². The molecule has 1 aromatic rings. The molecule has 0 bridgehead atoms. The number of carbonyl (C=O) groups excluding carboxylic acids is 3. The molecule has 10 heteroatoms. The summed E-state index contributed by atoms with van der Waals surface area (Å²) in [5, 5.41) is 2.69. The number of hydrogen-bond acceptors (Lipinski definition) is 6. The van der Waals surface area contributed by atoms with Crippen molar-refractivity contribution in [1.29, 1.82) is 0 Å². The van der Waals surface area contributed by atoms with E-state index in [4.69, 9.17) is 4.74 Å². The summed E-state index contributed by atoms with van der Waals surface area (Å²) in [7, 11) is -4.05. The molecule has 3 N–H and O–H groups in total. The zero-order valence-corrected chi connectivity index (χ0v) is 13.0. The molecule has 1 atom stereocenters. The Hall–Kier alpha value is -2.62. The van der Waals surface area contributed by atoms with E-state index in [0.717, 1.165) is 0 Å². The first-order valence-electron chi connectivity index (χ1n) is 6.71. The zero-order chi connectivity index (χ0) is 17.0. The molecule has 1 unspecified atom stereocenters. The number of nitrogens with one attached hydrogen (secondary N) is 3. The van der Waals surface area contributed by atoms with Crippen LogP contribution >= 0.6 is 0 Å². The van der Waals surface area contributed by atoms with Crippen LogP contribution in [0.4, 0.5) is 10.5 Å². The van der Waals surface area contributed by atoms with Crippen LogP contribution in [0.2, 0.25) is 0 Å². The average molecular weight is 341 g/mol. The molecule has 0 spiro atoms. The maximum absolute atomic E-state index is 12.2. The minimum absolute atomic E-state index is 0.183. The minimum atomic E-state index is -4.05. The number of anilines is 1. The van der Waals surface area contributed by atoms with Gasteiger partial charge in [-0.05, 0) is 31.2 Å². The molecule has 1 aliphatic heterocycles. The number of urea groups is 1. The third-order valence-corrected chi connectivity index (χ3v) is 4.66. The van der Waals surface area contributed by atoms with Crippen LogP contribution < -0.4 is 15.4 Å². The van der Waals surface area contributed by atoms with Crippen molar-refractivity contribution >= 4 is 33.6 Å². The Labute approximate surface area is 132 Å². The van der Waals surface area contributed by atoms with Gasteiger partial charge >= 0.3 is 12.0 Å². The van der Waals surface area contributed by atoms with Crippen molar-refractivity contribution < 1.29 is 27.5 Å². The lowest BCUT2D eigenvalue weighted by Crippen LogP contribution is -2.58. The van der Waals surface area contributed by atoms with E-state index < -0.39 is 33.2 Å². The van der Waals surface area contributed by atoms with Gasteiger partial charge in [0.05, 0.1) is 12.2 Å². The summed E-state index contributed by atoms with van der Waals surface area (Å²) in [4.78, 5) is 34.1. The Bertz CT molecular complexity index is 729. The van der Waals surface area contributed by atoms with Gasteiger partial charge in [-0.25, -0.2) is 18.0 Å². The molecule has 1 saturated heterocycles. The first-order valence-corrected chi connectivity index (χ1v) is 8.25. The van der Waals surface area contributed by atoms with Gasteiger partial charge in [0.25, 0.3) is 0 Å². The molecule has 23 heavy (non-hydrogen) atoms. The smallest absolute Gasteiger partial charge is 0.338 e. The summed E-state index contributed by atoms with van der Waals surface area (Å²) >= 11 is 0. The summed E-state index contributed by atoms with van der Waals surface area (Å²) in [5.74, 6) is -1.42. The third kappa shape index (κ3) is 3.97. The lowest BCUT2D eigenvalue weighted by Gasteiger charge is -2.22. The number of hydrogen-bond donors (Lipinski definition) is 3. The molecule has 0 aromatic heterocycles. The maximum Gasteiger partial charge on any atom is 0.338 e. The molecule has 9 nitrogen and oxygen atoms in total. The predicted octanol–water partition coefficient (Wildman–Crippen LogP) is -0.187. The Balaban J connectivity index is 2.10. The van der Waals surface area contributed by atoms with Crippen molar-refractivity contribution in [2.45, 2.75) is 12.2 Å². The summed E-state index contributed by atoms with van der Waals surface area (Å²) in [5.41, 5.74) is 0.459. The number of esters is 1. The largest absolute Gasteiger partial charge is 0.462 e. The van der Waals surface area contributed by atoms with Gasteiger partial charge in [0.2, 0.25) is 15.9 Å². The summed E-state index contributed by atoms with van der Waals surface area (Å²) < 4.78 is 31.4. The van der Waals surface area contributed by atoms with E-state index in [1.807, 2.05) is 5.32 Å². The van der Waals surface area contributed by atoms with E-state index in [1.165, 1.54) is 24.3 Å². The Morgan fingerprint density at radius 1 is 1.30 bits per heavy atom. The topological polar surface area (TPSA) is 131 Å². The molecule has 3 amide bonds. The quantitative estimate of drug-likeness (QED) is 0.637. The molecular weight excluding hydrogens is 326 g/mol. The van der Waals surface area contributed by atoms with Crippen molar-refractivity contribution in [3.8, 4) is 0 Å². The number of rotatable bonds is 5. The Kier molecular flexibility index (Phi) is 4.84. The van der Waals surface area contributed by atoms with Crippen LogP contribution in [-0.4, -0.2) is 44.7 Å². The SMILES string of the molecule is CCOC(=O)c1ccc(NS(=O)(=O)C2CNC(=O)NC2=O)cc1. The van der Waals surface area contributed by atoms with E-state index in [9.17, 15) is 22.8 Å². The number of ether oxygens (including phenoxy) is 1. The van der Waals surface area contributed by atoms with Crippen LogP contribution in [0.5, 0.6) is 0 Å². The van der Waals surface area contributed by atoms with Gasteiger partial charge in [0, 0.05) is 12.2 Å². The number of sulfonamides is 1. The van der Waals surface area contributed by atoms with E-state index >= 15 is 0 Å². The van der Waals surface area contributed by atoms with E-state index in [-0.39, 0.29) is 24.4 Å². The van der Waals surface area contributed by atoms with Crippen molar-refractivity contribution in [3.63, 3.8) is 0 Å². The maximum atomic E-state index is 12.2. The van der Waals surface area contributed by atoms with Gasteiger partial charge in [-0.15, -0.1) is 0 Å². The fraction of sp³-hybridized carbons (Fsp3) is 0.308. The molecule has 1 heterocycles. The number of benzene rings is 1. The Morgan fingerprint density at radius 2 is 1.96 bits per heavy atom. The van der Waals surface area contributed by atoms with E-state index in [1.54, 1.807) is 6.92 Å². The first-order chi connectivity index (χ1) is 10.8. The molecule has 0 aliphatic carbocycles. The summed E-state index contributed by atoms with van der Waals surface area (Å²) in [6, 6.07) is 4.82. The molecule has 1 fully saturated rings. The van der Waals surface area contributed by atoms with Crippen molar-refractivity contribution in [1.82, 2.24) is 10.6 Å². The van der Waals surface area contributed by atoms with Crippen LogP contribution in [0.15, 0.2) is 24.3 Å². The average Bonchev–Trinajstić information content (AvgIpc) is 2.47. The number of imide groups is 1. The standard InChI is InChI=1S/C13H15N3O6S/c1-2-22-12(18)8-3-5-9(6-4-8)16-23(20,21)10-7-14-13(19)15-11(10)17/h3-6,10,16H,2,7H2,1H3,(H2,14,15,17,19). The first kappa shape index (κ1) is 16.7. The van der Waals surface area contributed by atoms with Gasteiger partial charge in [0.1, 0.15) is 0 Å². The van der Waals surface area contributed by atoms with Gasteiger partial charge in [-0.3, -0.25) is 14.8 Å². The van der Waals surface area contributed by atoms with Crippen LogP contribution in [0.3, 0.4) is 0 Å². The second-order valence-electron chi connectivity index (χ2n) is 4.63. The van der Waals surface area contributed by atoms with Crippen LogP contribution in [0, 0.1) is 0 Å². The molecule has 124 valence electrons. The van der Waals surface area contributed by atoms with Gasteiger partial charge in [-0.2, -0.15) is 0 Å². The monoisotopic (exact) mass is 341 g/mol. The number of amides is 3. The predicted molar refractivity (Wildman–Crippen MR) is 80.3 cm³/mol. The lowest BCUT2D eigenvalue weighted by molar-refractivity contribution is -0.120. The van der Waals surface area contributed by atoms with Crippen molar-refractivity contribution in [3.05, 3.63) is 29.8 Å². The molecule has 2 rings (SSSR count). The minimum Gasteiger partial charge on any atom is -0.462 e. The fourth-order valence-electron chi connectivity index (χ4n) is 1.89. The summed E-state index contributed by atoms with van der Waals surface area (Å²) in [6.45, 7) is 1.59. The second-order valence-corrected chi connectivity index (χ2v) is 6.50. The summed E-state index contributed by atoms with van der Waals surface area (Å²) in [6.07, 6.45) is 0. The molecule has 0 saturated carbocycles. The molecule has 1 aromatic carbocycles. The van der Waals surface area contributed by atoms with Crippen LogP contribution in [0.1, 0.15) is 17.3 Å². The van der Waals surface area contributed by atoms with E-state index in [0.29, 0.717) is 0 Å². The zero-order valence-electron chi connectivity index (χ0n) is 12.2.